The molecular formula is C10H10Cl4N2O. The highest BCUT2D eigenvalue weighted by atomic mass is 35.5. The van der Waals surface area contributed by atoms with Gasteiger partial charge in [-0.25, -0.2) is 5.06 Å². The van der Waals surface area contributed by atoms with Crippen molar-refractivity contribution in [3.8, 4) is 0 Å². The van der Waals surface area contributed by atoms with Crippen LogP contribution in [0, 0.1) is 0 Å². The number of benzene rings is 1. The average molecular weight is 316 g/mol. The molecule has 0 aromatic heterocycles. The van der Waals surface area contributed by atoms with Gasteiger partial charge in [0.15, 0.2) is 0 Å². The summed E-state index contributed by atoms with van der Waals surface area (Å²) in [4.78, 5) is 7.38. The number of rotatable bonds is 2. The molecule has 0 bridgehead atoms. The van der Waals surface area contributed by atoms with Crippen LogP contribution in [-0.4, -0.2) is 20.3 Å². The van der Waals surface area contributed by atoms with E-state index in [1.807, 2.05) is 18.9 Å². The second kappa shape index (κ2) is 4.90. The van der Waals surface area contributed by atoms with Crippen molar-refractivity contribution >= 4 is 57.8 Å². The van der Waals surface area contributed by atoms with Gasteiger partial charge in [-0.3, -0.25) is 4.84 Å². The third-order valence-corrected chi connectivity index (χ3v) is 4.26. The fourth-order valence-corrected chi connectivity index (χ4v) is 2.85. The summed E-state index contributed by atoms with van der Waals surface area (Å²) in [5.74, 6) is 0. The van der Waals surface area contributed by atoms with E-state index < -0.39 is 0 Å². The fourth-order valence-electron chi connectivity index (χ4n) is 1.78. The molecule has 1 heterocycles. The molecule has 0 amide bonds. The van der Waals surface area contributed by atoms with Gasteiger partial charge in [-0.1, -0.05) is 46.4 Å². The van der Waals surface area contributed by atoms with E-state index >= 15 is 0 Å². The van der Waals surface area contributed by atoms with Gasteiger partial charge in [-0.2, -0.15) is 0 Å². The number of fused-ring (bicyclic) bond motifs is 1. The van der Waals surface area contributed by atoms with Crippen LogP contribution < -0.4 is 9.96 Å². The quantitative estimate of drug-likeness (QED) is 0.591. The molecule has 1 aliphatic rings. The Hall–Kier alpha value is -0.0600. The summed E-state index contributed by atoms with van der Waals surface area (Å²) in [5, 5.41) is 2.92. The molecule has 0 saturated heterocycles. The zero-order chi connectivity index (χ0) is 12.7. The Bertz CT molecular complexity index is 466. The number of hydroxylamine groups is 1. The van der Waals surface area contributed by atoms with Crippen LogP contribution in [0.1, 0.15) is 6.92 Å². The molecule has 0 unspecified atom stereocenters. The second-order valence-electron chi connectivity index (χ2n) is 3.59. The van der Waals surface area contributed by atoms with Crippen LogP contribution >= 0.6 is 46.4 Å². The van der Waals surface area contributed by atoms with Gasteiger partial charge in [-0.15, -0.1) is 0 Å². The second-order valence-corrected chi connectivity index (χ2v) is 5.10. The van der Waals surface area contributed by atoms with Gasteiger partial charge in [-0.05, 0) is 6.92 Å². The van der Waals surface area contributed by atoms with Crippen LogP contribution in [0.25, 0.3) is 0 Å². The zero-order valence-electron chi connectivity index (χ0n) is 9.23. The number of anilines is 2. The highest BCUT2D eigenvalue weighted by Gasteiger charge is 2.32. The summed E-state index contributed by atoms with van der Waals surface area (Å²) in [5.41, 5.74) is 1.40. The third-order valence-electron chi connectivity index (χ3n) is 2.47. The Morgan fingerprint density at radius 2 is 1.53 bits per heavy atom. The van der Waals surface area contributed by atoms with Crippen LogP contribution in [0.2, 0.25) is 20.1 Å². The Morgan fingerprint density at radius 3 is 2.06 bits per heavy atom. The normalized spacial score (nSPS) is 14.5. The van der Waals surface area contributed by atoms with E-state index in [4.69, 9.17) is 51.2 Å². The van der Waals surface area contributed by atoms with Crippen molar-refractivity contribution < 1.29 is 4.84 Å². The van der Waals surface area contributed by atoms with Gasteiger partial charge in [0.1, 0.15) is 12.4 Å². The molecule has 0 spiro atoms. The molecule has 0 fully saturated rings. The Kier molecular flexibility index (Phi) is 3.86. The van der Waals surface area contributed by atoms with Gasteiger partial charge >= 0.3 is 0 Å². The molecule has 7 heteroatoms. The van der Waals surface area contributed by atoms with Gasteiger partial charge in [0, 0.05) is 7.05 Å². The minimum atomic E-state index is 0.247. The number of nitrogens with zero attached hydrogens (tertiary/aromatic N) is 2. The highest BCUT2D eigenvalue weighted by Crippen LogP contribution is 2.52. The van der Waals surface area contributed by atoms with Crippen LogP contribution in [-0.2, 0) is 4.84 Å². The molecule has 3 nitrogen and oxygen atoms in total. The molecule has 1 aromatic carbocycles. The molecule has 17 heavy (non-hydrogen) atoms. The van der Waals surface area contributed by atoms with Gasteiger partial charge in [0.25, 0.3) is 0 Å². The first-order valence-electron chi connectivity index (χ1n) is 4.96. The first-order chi connectivity index (χ1) is 7.99. The molecular weight excluding hydrogens is 306 g/mol. The van der Waals surface area contributed by atoms with E-state index in [0.29, 0.717) is 29.0 Å². The number of hydrogen-bond acceptors (Lipinski definition) is 3. The first-order valence-corrected chi connectivity index (χ1v) is 6.47. The molecule has 2 rings (SSSR count). The molecule has 0 radical (unpaired) electrons. The lowest BCUT2D eigenvalue weighted by Crippen LogP contribution is -2.28. The lowest BCUT2D eigenvalue weighted by Gasteiger charge is -2.18. The smallest absolute Gasteiger partial charge is 0.116 e. The topological polar surface area (TPSA) is 15.7 Å². The maximum absolute atomic E-state index is 6.19. The summed E-state index contributed by atoms with van der Waals surface area (Å²) in [6.45, 7) is 2.95. The van der Waals surface area contributed by atoms with Crippen LogP contribution in [0.3, 0.4) is 0 Å². The molecule has 0 N–H and O–H groups in total. The predicted octanol–water partition coefficient (Wildman–Crippen LogP) is 4.47. The number of halogens is 4. The van der Waals surface area contributed by atoms with Gasteiger partial charge in [0.05, 0.1) is 32.4 Å². The van der Waals surface area contributed by atoms with E-state index in [-0.39, 0.29) is 10.0 Å². The van der Waals surface area contributed by atoms with E-state index in [9.17, 15) is 0 Å². The Labute approximate surface area is 120 Å². The van der Waals surface area contributed by atoms with Crippen molar-refractivity contribution in [3.05, 3.63) is 20.1 Å². The van der Waals surface area contributed by atoms with Crippen molar-refractivity contribution in [2.45, 2.75) is 6.92 Å². The van der Waals surface area contributed by atoms with E-state index in [1.54, 1.807) is 5.06 Å². The minimum Gasteiger partial charge on any atom is -0.352 e. The summed E-state index contributed by atoms with van der Waals surface area (Å²) in [7, 11) is 1.88. The van der Waals surface area contributed by atoms with Crippen molar-refractivity contribution in [2.24, 2.45) is 0 Å². The zero-order valence-corrected chi connectivity index (χ0v) is 12.3. The van der Waals surface area contributed by atoms with E-state index in [0.717, 1.165) is 5.69 Å². The standard InChI is InChI=1S/C10H10Cl4N2O/c1-3-17-16-4-15(2)9-7(13)5(11)6(12)8(14)10(9)16/h3-4H2,1-2H3. The molecule has 0 atom stereocenters. The van der Waals surface area contributed by atoms with Gasteiger partial charge < -0.3 is 4.90 Å². The summed E-state index contributed by atoms with van der Waals surface area (Å²) >= 11 is 24.4. The van der Waals surface area contributed by atoms with Crippen LogP contribution in [0.15, 0.2) is 0 Å². The Balaban J connectivity index is 2.64. The van der Waals surface area contributed by atoms with Crippen molar-refractivity contribution in [1.82, 2.24) is 0 Å². The first kappa shape index (κ1) is 13.4. The summed E-state index contributed by atoms with van der Waals surface area (Å²) in [6.07, 6.45) is 0. The molecule has 1 aliphatic heterocycles. The largest absolute Gasteiger partial charge is 0.352 e. The van der Waals surface area contributed by atoms with Crippen molar-refractivity contribution in [1.29, 1.82) is 0 Å². The summed E-state index contributed by atoms with van der Waals surface area (Å²) in [6, 6.07) is 0. The predicted molar refractivity (Wildman–Crippen MR) is 73.9 cm³/mol. The summed E-state index contributed by atoms with van der Waals surface area (Å²) < 4.78 is 0. The average Bonchev–Trinajstić information content (AvgIpc) is 2.61. The third kappa shape index (κ3) is 2.04. The molecule has 1 aromatic rings. The van der Waals surface area contributed by atoms with Crippen LogP contribution in [0.4, 0.5) is 11.4 Å². The number of hydrogen-bond donors (Lipinski definition) is 0. The molecule has 0 aliphatic carbocycles. The maximum atomic E-state index is 6.19. The SMILES string of the molecule is CCON1CN(C)c2c(Cl)c(Cl)c(Cl)c(Cl)c21. The maximum Gasteiger partial charge on any atom is 0.116 e. The molecule has 0 saturated carbocycles. The van der Waals surface area contributed by atoms with Crippen molar-refractivity contribution in [3.63, 3.8) is 0 Å². The highest BCUT2D eigenvalue weighted by molar-refractivity contribution is 6.54. The minimum absolute atomic E-state index is 0.247. The fraction of sp³-hybridized carbons (Fsp3) is 0.400. The van der Waals surface area contributed by atoms with Gasteiger partial charge in [0.2, 0.25) is 0 Å². The van der Waals surface area contributed by atoms with Crippen LogP contribution in [0.5, 0.6) is 0 Å². The van der Waals surface area contributed by atoms with E-state index in [2.05, 4.69) is 0 Å². The van der Waals surface area contributed by atoms with E-state index in [1.165, 1.54) is 0 Å². The monoisotopic (exact) mass is 314 g/mol. The lowest BCUT2D eigenvalue weighted by molar-refractivity contribution is 0.125. The lowest BCUT2D eigenvalue weighted by atomic mass is 10.2. The Morgan fingerprint density at radius 1 is 1.00 bits per heavy atom. The molecule has 94 valence electrons. The van der Waals surface area contributed by atoms with Crippen molar-refractivity contribution in [2.75, 3.05) is 30.3 Å².